The predicted molar refractivity (Wildman–Crippen MR) is 76.0 cm³/mol. The first-order valence-electron chi connectivity index (χ1n) is 7.22. The summed E-state index contributed by atoms with van der Waals surface area (Å²) in [6, 6.07) is 7.45. The van der Waals surface area contributed by atoms with Crippen LogP contribution in [0, 0.1) is 10.1 Å². The second-order valence-corrected chi connectivity index (χ2v) is 5.35. The van der Waals surface area contributed by atoms with Gasteiger partial charge in [-0.2, -0.15) is 0 Å². The lowest BCUT2D eigenvalue weighted by atomic mass is 9.96. The largest absolute Gasteiger partial charge is 0.310 e. The summed E-state index contributed by atoms with van der Waals surface area (Å²) in [6.07, 6.45) is 9.25. The van der Waals surface area contributed by atoms with Crippen molar-refractivity contribution in [2.75, 3.05) is 0 Å². The van der Waals surface area contributed by atoms with Crippen molar-refractivity contribution >= 4 is 5.69 Å². The third kappa shape index (κ3) is 4.63. The zero-order valence-corrected chi connectivity index (χ0v) is 11.3. The van der Waals surface area contributed by atoms with Crippen molar-refractivity contribution in [1.82, 2.24) is 5.32 Å². The molecule has 0 spiro atoms. The maximum absolute atomic E-state index is 10.6. The fourth-order valence-electron chi connectivity index (χ4n) is 2.66. The third-order valence-electron chi connectivity index (χ3n) is 3.85. The molecule has 0 aliphatic heterocycles. The van der Waals surface area contributed by atoms with E-state index in [4.69, 9.17) is 0 Å². The fraction of sp³-hybridized carbons (Fsp3) is 0.600. The van der Waals surface area contributed by atoms with Crippen molar-refractivity contribution in [3.63, 3.8) is 0 Å². The number of nitro groups is 1. The fourth-order valence-corrected chi connectivity index (χ4v) is 2.66. The van der Waals surface area contributed by atoms with Gasteiger partial charge in [-0.1, -0.05) is 44.2 Å². The van der Waals surface area contributed by atoms with Crippen molar-refractivity contribution < 1.29 is 4.92 Å². The van der Waals surface area contributed by atoms with Crippen molar-refractivity contribution in [2.45, 2.75) is 57.5 Å². The van der Waals surface area contributed by atoms with Gasteiger partial charge < -0.3 is 5.32 Å². The zero-order valence-electron chi connectivity index (χ0n) is 11.3. The summed E-state index contributed by atoms with van der Waals surface area (Å²) in [5, 5.41) is 14.2. The highest BCUT2D eigenvalue weighted by Crippen LogP contribution is 2.18. The Morgan fingerprint density at radius 3 is 2.21 bits per heavy atom. The van der Waals surface area contributed by atoms with Gasteiger partial charge in [0.25, 0.3) is 5.69 Å². The SMILES string of the molecule is O=[N+]([O-])c1ccc(CNC2CCCCCCC2)cc1. The Morgan fingerprint density at radius 1 is 1.05 bits per heavy atom. The molecule has 19 heavy (non-hydrogen) atoms. The third-order valence-corrected chi connectivity index (χ3v) is 3.85. The predicted octanol–water partition coefficient (Wildman–Crippen LogP) is 3.80. The Morgan fingerprint density at radius 2 is 1.63 bits per heavy atom. The Hall–Kier alpha value is -1.42. The normalized spacial score (nSPS) is 17.7. The highest BCUT2D eigenvalue weighted by atomic mass is 16.6. The number of non-ortho nitro benzene ring substituents is 1. The monoisotopic (exact) mass is 262 g/mol. The lowest BCUT2D eigenvalue weighted by Gasteiger charge is -2.21. The molecule has 2 rings (SSSR count). The van der Waals surface area contributed by atoms with Crippen molar-refractivity contribution in [2.24, 2.45) is 0 Å². The van der Waals surface area contributed by atoms with Gasteiger partial charge in [-0.3, -0.25) is 10.1 Å². The summed E-state index contributed by atoms with van der Waals surface area (Å²) in [5.41, 5.74) is 1.28. The van der Waals surface area contributed by atoms with Crippen LogP contribution in [0.3, 0.4) is 0 Å². The van der Waals surface area contributed by atoms with Gasteiger partial charge in [-0.05, 0) is 18.4 Å². The molecule has 1 saturated carbocycles. The molecule has 0 unspecified atom stereocenters. The van der Waals surface area contributed by atoms with E-state index in [-0.39, 0.29) is 10.6 Å². The van der Waals surface area contributed by atoms with Gasteiger partial charge in [0.1, 0.15) is 0 Å². The Kier molecular flexibility index (Phi) is 5.33. The molecule has 1 aliphatic carbocycles. The van der Waals surface area contributed by atoms with E-state index in [1.54, 1.807) is 12.1 Å². The molecular weight excluding hydrogens is 240 g/mol. The Bertz CT molecular complexity index is 395. The number of nitro benzene ring substituents is 1. The molecule has 0 aromatic heterocycles. The molecular formula is C15H22N2O2. The van der Waals surface area contributed by atoms with Crippen LogP contribution < -0.4 is 5.32 Å². The van der Waals surface area contributed by atoms with Crippen molar-refractivity contribution in [1.29, 1.82) is 0 Å². The minimum atomic E-state index is -0.355. The lowest BCUT2D eigenvalue weighted by molar-refractivity contribution is -0.384. The molecule has 0 atom stereocenters. The molecule has 1 N–H and O–H groups in total. The van der Waals surface area contributed by atoms with Crippen LogP contribution in [0.1, 0.15) is 50.5 Å². The summed E-state index contributed by atoms with van der Waals surface area (Å²) in [5.74, 6) is 0. The van der Waals surface area contributed by atoms with Gasteiger partial charge in [0, 0.05) is 24.7 Å². The maximum Gasteiger partial charge on any atom is 0.269 e. The molecule has 0 heterocycles. The maximum atomic E-state index is 10.6. The molecule has 0 radical (unpaired) electrons. The molecule has 1 aliphatic rings. The smallest absolute Gasteiger partial charge is 0.269 e. The van der Waals surface area contributed by atoms with E-state index in [0.717, 1.165) is 12.1 Å². The molecule has 4 nitrogen and oxygen atoms in total. The quantitative estimate of drug-likeness (QED) is 0.663. The molecule has 1 fully saturated rings. The van der Waals surface area contributed by atoms with Crippen molar-refractivity contribution in [3.05, 3.63) is 39.9 Å². The average molecular weight is 262 g/mol. The first-order valence-corrected chi connectivity index (χ1v) is 7.22. The Labute approximate surface area is 114 Å². The van der Waals surface area contributed by atoms with Gasteiger partial charge >= 0.3 is 0 Å². The second kappa shape index (κ2) is 7.24. The van der Waals surface area contributed by atoms with E-state index in [1.807, 2.05) is 12.1 Å². The molecule has 0 amide bonds. The molecule has 104 valence electrons. The summed E-state index contributed by atoms with van der Waals surface area (Å²) in [4.78, 5) is 10.2. The van der Waals surface area contributed by atoms with E-state index in [1.165, 1.54) is 44.9 Å². The Balaban J connectivity index is 1.81. The van der Waals surface area contributed by atoms with Crippen LogP contribution in [0.2, 0.25) is 0 Å². The van der Waals surface area contributed by atoms with Crippen LogP contribution in [0.4, 0.5) is 5.69 Å². The summed E-state index contributed by atoms with van der Waals surface area (Å²) < 4.78 is 0. The first-order chi connectivity index (χ1) is 9.25. The van der Waals surface area contributed by atoms with Crippen LogP contribution in [-0.4, -0.2) is 11.0 Å². The summed E-state index contributed by atoms with van der Waals surface area (Å²) >= 11 is 0. The van der Waals surface area contributed by atoms with Crippen LogP contribution >= 0.6 is 0 Å². The number of nitrogens with zero attached hydrogens (tertiary/aromatic N) is 1. The molecule has 0 bridgehead atoms. The van der Waals surface area contributed by atoms with E-state index in [0.29, 0.717) is 6.04 Å². The van der Waals surface area contributed by atoms with E-state index < -0.39 is 0 Å². The topological polar surface area (TPSA) is 55.2 Å². The minimum absolute atomic E-state index is 0.162. The molecule has 1 aromatic rings. The highest BCUT2D eigenvalue weighted by molar-refractivity contribution is 5.32. The molecule has 0 saturated heterocycles. The van der Waals surface area contributed by atoms with E-state index >= 15 is 0 Å². The number of nitrogens with one attached hydrogen (secondary N) is 1. The second-order valence-electron chi connectivity index (χ2n) is 5.35. The minimum Gasteiger partial charge on any atom is -0.310 e. The average Bonchev–Trinajstić information content (AvgIpc) is 2.38. The van der Waals surface area contributed by atoms with Gasteiger partial charge in [0.2, 0.25) is 0 Å². The van der Waals surface area contributed by atoms with Gasteiger partial charge in [0.15, 0.2) is 0 Å². The van der Waals surface area contributed by atoms with Gasteiger partial charge in [-0.15, -0.1) is 0 Å². The van der Waals surface area contributed by atoms with E-state index in [2.05, 4.69) is 5.32 Å². The highest BCUT2D eigenvalue weighted by Gasteiger charge is 2.11. The molecule has 1 aromatic carbocycles. The summed E-state index contributed by atoms with van der Waals surface area (Å²) in [6.45, 7) is 0.808. The van der Waals surface area contributed by atoms with Crippen LogP contribution in [-0.2, 0) is 6.54 Å². The lowest BCUT2D eigenvalue weighted by Crippen LogP contribution is -2.29. The first kappa shape index (κ1) is 14.0. The number of hydrogen-bond acceptors (Lipinski definition) is 3. The summed E-state index contributed by atoms with van der Waals surface area (Å²) in [7, 11) is 0. The van der Waals surface area contributed by atoms with Crippen LogP contribution in [0.15, 0.2) is 24.3 Å². The van der Waals surface area contributed by atoms with Crippen LogP contribution in [0.5, 0.6) is 0 Å². The number of benzene rings is 1. The zero-order chi connectivity index (χ0) is 13.5. The van der Waals surface area contributed by atoms with Gasteiger partial charge in [0.05, 0.1) is 4.92 Å². The molecule has 4 heteroatoms. The van der Waals surface area contributed by atoms with Gasteiger partial charge in [-0.25, -0.2) is 0 Å². The van der Waals surface area contributed by atoms with Crippen molar-refractivity contribution in [3.8, 4) is 0 Å². The number of hydrogen-bond donors (Lipinski definition) is 1. The standard InChI is InChI=1S/C15H22N2O2/c18-17(19)15-10-8-13(9-11-15)12-16-14-6-4-2-1-3-5-7-14/h8-11,14,16H,1-7,12H2. The van der Waals surface area contributed by atoms with Crippen LogP contribution in [0.25, 0.3) is 0 Å². The van der Waals surface area contributed by atoms with E-state index in [9.17, 15) is 10.1 Å². The number of rotatable bonds is 4.